The SMILES string of the molecule is CCC(NCc1ccsc1)c1ccc(F)cc1. The molecule has 0 aliphatic rings. The van der Waals surface area contributed by atoms with E-state index in [4.69, 9.17) is 0 Å². The van der Waals surface area contributed by atoms with Crippen molar-refractivity contribution in [2.45, 2.75) is 25.9 Å². The minimum absolute atomic E-state index is 0.179. The molecule has 1 nitrogen and oxygen atoms in total. The number of benzene rings is 1. The molecule has 1 unspecified atom stereocenters. The van der Waals surface area contributed by atoms with Crippen molar-refractivity contribution in [3.63, 3.8) is 0 Å². The molecule has 90 valence electrons. The molecule has 0 saturated heterocycles. The first kappa shape index (κ1) is 12.3. The van der Waals surface area contributed by atoms with Crippen molar-refractivity contribution in [3.8, 4) is 0 Å². The fourth-order valence-electron chi connectivity index (χ4n) is 1.83. The van der Waals surface area contributed by atoms with Crippen molar-refractivity contribution < 1.29 is 4.39 Å². The lowest BCUT2D eigenvalue weighted by Gasteiger charge is -2.17. The van der Waals surface area contributed by atoms with Crippen molar-refractivity contribution in [1.82, 2.24) is 5.32 Å². The predicted octanol–water partition coefficient (Wildman–Crippen LogP) is 4.13. The molecule has 1 atom stereocenters. The van der Waals surface area contributed by atoms with E-state index in [0.29, 0.717) is 0 Å². The summed E-state index contributed by atoms with van der Waals surface area (Å²) >= 11 is 1.71. The van der Waals surface area contributed by atoms with Crippen LogP contribution in [0.2, 0.25) is 0 Å². The highest BCUT2D eigenvalue weighted by Gasteiger charge is 2.08. The van der Waals surface area contributed by atoms with E-state index in [9.17, 15) is 4.39 Å². The Hall–Kier alpha value is -1.19. The molecular formula is C14H16FNS. The van der Waals surface area contributed by atoms with Crippen LogP contribution in [-0.4, -0.2) is 0 Å². The molecule has 0 fully saturated rings. The number of thiophene rings is 1. The Labute approximate surface area is 105 Å². The predicted molar refractivity (Wildman–Crippen MR) is 70.6 cm³/mol. The molecule has 0 amide bonds. The lowest BCUT2D eigenvalue weighted by Crippen LogP contribution is -2.19. The summed E-state index contributed by atoms with van der Waals surface area (Å²) < 4.78 is 12.8. The van der Waals surface area contributed by atoms with E-state index in [1.54, 1.807) is 11.3 Å². The van der Waals surface area contributed by atoms with E-state index in [1.165, 1.54) is 17.7 Å². The summed E-state index contributed by atoms with van der Waals surface area (Å²) in [5.74, 6) is -0.179. The van der Waals surface area contributed by atoms with Gasteiger partial charge in [-0.25, -0.2) is 4.39 Å². The van der Waals surface area contributed by atoms with Crippen LogP contribution in [0.4, 0.5) is 4.39 Å². The van der Waals surface area contributed by atoms with Gasteiger partial charge in [0, 0.05) is 12.6 Å². The van der Waals surface area contributed by atoms with Crippen LogP contribution in [-0.2, 0) is 6.54 Å². The number of hydrogen-bond donors (Lipinski definition) is 1. The Bertz CT molecular complexity index is 436. The van der Waals surface area contributed by atoms with Crippen LogP contribution in [0.3, 0.4) is 0 Å². The third-order valence-electron chi connectivity index (χ3n) is 2.81. The molecule has 1 heterocycles. The van der Waals surface area contributed by atoms with E-state index in [1.807, 2.05) is 12.1 Å². The third-order valence-corrected chi connectivity index (χ3v) is 3.55. The normalized spacial score (nSPS) is 12.6. The summed E-state index contributed by atoms with van der Waals surface area (Å²) in [6.45, 7) is 2.99. The van der Waals surface area contributed by atoms with E-state index in [0.717, 1.165) is 18.5 Å². The topological polar surface area (TPSA) is 12.0 Å². The monoisotopic (exact) mass is 249 g/mol. The molecule has 0 spiro atoms. The average molecular weight is 249 g/mol. The third kappa shape index (κ3) is 3.38. The van der Waals surface area contributed by atoms with Crippen molar-refractivity contribution in [1.29, 1.82) is 0 Å². The molecule has 2 aromatic rings. The van der Waals surface area contributed by atoms with E-state index >= 15 is 0 Å². The molecule has 0 bridgehead atoms. The summed E-state index contributed by atoms with van der Waals surface area (Å²) in [7, 11) is 0. The minimum atomic E-state index is -0.179. The Morgan fingerprint density at radius 3 is 2.59 bits per heavy atom. The molecule has 1 N–H and O–H groups in total. The smallest absolute Gasteiger partial charge is 0.123 e. The van der Waals surface area contributed by atoms with Gasteiger partial charge < -0.3 is 5.32 Å². The highest BCUT2D eigenvalue weighted by atomic mass is 32.1. The van der Waals surface area contributed by atoms with Crippen molar-refractivity contribution in [3.05, 3.63) is 58.0 Å². The van der Waals surface area contributed by atoms with Gasteiger partial charge in [0.1, 0.15) is 5.82 Å². The maximum absolute atomic E-state index is 12.8. The summed E-state index contributed by atoms with van der Waals surface area (Å²) in [5, 5.41) is 7.71. The van der Waals surface area contributed by atoms with Gasteiger partial charge in [-0.05, 0) is 46.5 Å². The summed E-state index contributed by atoms with van der Waals surface area (Å²) in [6, 6.07) is 9.15. The number of hydrogen-bond acceptors (Lipinski definition) is 2. The van der Waals surface area contributed by atoms with Gasteiger partial charge in [0.05, 0.1) is 0 Å². The summed E-state index contributed by atoms with van der Waals surface area (Å²) in [5.41, 5.74) is 2.44. The van der Waals surface area contributed by atoms with Gasteiger partial charge in [0.25, 0.3) is 0 Å². The molecule has 1 aromatic heterocycles. The maximum atomic E-state index is 12.8. The second-order valence-electron chi connectivity index (χ2n) is 4.02. The van der Waals surface area contributed by atoms with Crippen LogP contribution >= 0.6 is 11.3 Å². The number of rotatable bonds is 5. The highest BCUT2D eigenvalue weighted by molar-refractivity contribution is 7.07. The first-order valence-electron chi connectivity index (χ1n) is 5.79. The molecular weight excluding hydrogens is 233 g/mol. The number of nitrogens with one attached hydrogen (secondary N) is 1. The molecule has 2 rings (SSSR count). The van der Waals surface area contributed by atoms with E-state index in [2.05, 4.69) is 29.1 Å². The standard InChI is InChI=1S/C14H16FNS/c1-2-14(12-3-5-13(15)6-4-12)16-9-11-7-8-17-10-11/h3-8,10,14,16H,2,9H2,1H3. The second-order valence-corrected chi connectivity index (χ2v) is 4.80. The summed E-state index contributed by atoms with van der Waals surface area (Å²) in [6.07, 6.45) is 0.996. The zero-order valence-corrected chi connectivity index (χ0v) is 10.6. The van der Waals surface area contributed by atoms with Crippen LogP contribution < -0.4 is 5.32 Å². The number of halogens is 1. The first-order chi connectivity index (χ1) is 8.29. The van der Waals surface area contributed by atoms with Gasteiger partial charge in [-0.15, -0.1) is 0 Å². The molecule has 17 heavy (non-hydrogen) atoms. The van der Waals surface area contributed by atoms with Crippen molar-refractivity contribution >= 4 is 11.3 Å². The Kier molecular flexibility index (Phi) is 4.29. The zero-order chi connectivity index (χ0) is 12.1. The maximum Gasteiger partial charge on any atom is 0.123 e. The quantitative estimate of drug-likeness (QED) is 0.840. The largest absolute Gasteiger partial charge is 0.306 e. The van der Waals surface area contributed by atoms with Crippen LogP contribution in [0.5, 0.6) is 0 Å². The average Bonchev–Trinajstić information content (AvgIpc) is 2.85. The zero-order valence-electron chi connectivity index (χ0n) is 9.82. The van der Waals surface area contributed by atoms with Gasteiger partial charge in [-0.2, -0.15) is 11.3 Å². The van der Waals surface area contributed by atoms with E-state index in [-0.39, 0.29) is 11.9 Å². The van der Waals surface area contributed by atoms with Gasteiger partial charge in [0.2, 0.25) is 0 Å². The van der Waals surface area contributed by atoms with E-state index < -0.39 is 0 Å². The fraction of sp³-hybridized carbons (Fsp3) is 0.286. The molecule has 0 radical (unpaired) electrons. The van der Waals surface area contributed by atoms with Crippen LogP contribution in [0.15, 0.2) is 41.1 Å². The van der Waals surface area contributed by atoms with Crippen molar-refractivity contribution in [2.24, 2.45) is 0 Å². The Morgan fingerprint density at radius 1 is 1.24 bits per heavy atom. The van der Waals surface area contributed by atoms with Gasteiger partial charge in [-0.1, -0.05) is 19.1 Å². The van der Waals surface area contributed by atoms with Crippen LogP contribution in [0.1, 0.15) is 30.5 Å². The van der Waals surface area contributed by atoms with Gasteiger partial charge >= 0.3 is 0 Å². The molecule has 0 aliphatic carbocycles. The fourth-order valence-corrected chi connectivity index (χ4v) is 2.50. The Morgan fingerprint density at radius 2 is 2.00 bits per heavy atom. The van der Waals surface area contributed by atoms with Crippen molar-refractivity contribution in [2.75, 3.05) is 0 Å². The van der Waals surface area contributed by atoms with Crippen LogP contribution in [0.25, 0.3) is 0 Å². The molecule has 3 heteroatoms. The molecule has 0 saturated carbocycles. The molecule has 0 aliphatic heterocycles. The summed E-state index contributed by atoms with van der Waals surface area (Å²) in [4.78, 5) is 0. The minimum Gasteiger partial charge on any atom is -0.306 e. The van der Waals surface area contributed by atoms with Gasteiger partial charge in [-0.3, -0.25) is 0 Å². The van der Waals surface area contributed by atoms with Gasteiger partial charge in [0.15, 0.2) is 0 Å². The lowest BCUT2D eigenvalue weighted by molar-refractivity contribution is 0.518. The van der Waals surface area contributed by atoms with Crippen LogP contribution in [0, 0.1) is 5.82 Å². The second kappa shape index (κ2) is 5.94. The Balaban J connectivity index is 1.99. The lowest BCUT2D eigenvalue weighted by atomic mass is 10.0. The molecule has 1 aromatic carbocycles. The first-order valence-corrected chi connectivity index (χ1v) is 6.74. The highest BCUT2D eigenvalue weighted by Crippen LogP contribution is 2.18.